The third-order valence-corrected chi connectivity index (χ3v) is 9.15. The number of nitrogens with one attached hydrogen (secondary N) is 1. The Bertz CT molecular complexity index is 495. The van der Waals surface area contributed by atoms with E-state index >= 15 is 0 Å². The van der Waals surface area contributed by atoms with Crippen molar-refractivity contribution in [3.8, 4) is 0 Å². The molecule has 0 spiro atoms. The number of nitrogens with two attached hydrogens (primary N) is 1. The van der Waals surface area contributed by atoms with Crippen LogP contribution in [0.2, 0.25) is 0 Å². The van der Waals surface area contributed by atoms with E-state index in [-0.39, 0.29) is 11.2 Å². The lowest BCUT2D eigenvalue weighted by atomic mass is 9.44. The Kier molecular flexibility index (Phi) is 5.61. The average Bonchev–Trinajstić information content (AvgIpc) is 2.74. The molecule has 0 heterocycles. The van der Waals surface area contributed by atoms with E-state index in [9.17, 15) is 0 Å². The van der Waals surface area contributed by atoms with Gasteiger partial charge in [-0.1, -0.05) is 53.4 Å². The lowest BCUT2D eigenvalue weighted by molar-refractivity contribution is -0.117. The molecule has 152 valence electrons. The van der Waals surface area contributed by atoms with Crippen molar-refractivity contribution in [1.82, 2.24) is 5.32 Å². The minimum Gasteiger partial charge on any atom is -0.314 e. The Morgan fingerprint density at radius 2 is 1.77 bits per heavy atom. The molecule has 4 aliphatic rings. The van der Waals surface area contributed by atoms with E-state index in [1.807, 2.05) is 0 Å². The standard InChI is InChI=1S/C24H46N2/c1-7-24(26-21(4,5)25)15-14-22(6)16-23(17-24,19(22)3)13-12-20-11-9-8-10-18(20)2/h18-20,26H,7-17,25H2,1-6H3. The van der Waals surface area contributed by atoms with Crippen molar-refractivity contribution in [2.45, 2.75) is 123 Å². The highest BCUT2D eigenvalue weighted by atomic mass is 15.1. The first-order valence-corrected chi connectivity index (χ1v) is 11.6. The largest absolute Gasteiger partial charge is 0.314 e. The molecule has 3 N–H and O–H groups in total. The molecule has 2 bridgehead atoms. The highest BCUT2D eigenvalue weighted by molar-refractivity contribution is 5.14. The second-order valence-corrected chi connectivity index (χ2v) is 11.6. The highest BCUT2D eigenvalue weighted by Crippen LogP contribution is 2.69. The molecule has 6 unspecified atom stereocenters. The molecule has 2 nitrogen and oxygen atoms in total. The molecule has 4 fully saturated rings. The molecular formula is C24H46N2. The Morgan fingerprint density at radius 3 is 2.35 bits per heavy atom. The SMILES string of the molecule is CCC1(NC(C)(C)N)CCC2(C)CC(CCC3CCCCC3C)(C1)C2C. The fourth-order valence-electron chi connectivity index (χ4n) is 7.39. The van der Waals surface area contributed by atoms with Gasteiger partial charge in [-0.25, -0.2) is 0 Å². The number of hydrogen-bond acceptors (Lipinski definition) is 2. The van der Waals surface area contributed by atoms with Crippen LogP contribution in [-0.4, -0.2) is 11.2 Å². The maximum Gasteiger partial charge on any atom is 0.0608 e. The summed E-state index contributed by atoms with van der Waals surface area (Å²) in [6.45, 7) is 14.3. The first-order valence-electron chi connectivity index (χ1n) is 11.6. The number of rotatable bonds is 6. The van der Waals surface area contributed by atoms with Crippen LogP contribution in [0, 0.1) is 28.6 Å². The number of fused-ring (bicyclic) bond motifs is 3. The molecule has 4 aliphatic carbocycles. The predicted molar refractivity (Wildman–Crippen MR) is 113 cm³/mol. The fourth-order valence-corrected chi connectivity index (χ4v) is 7.39. The molecule has 0 aromatic rings. The van der Waals surface area contributed by atoms with E-state index in [1.165, 1.54) is 70.6 Å². The van der Waals surface area contributed by atoms with Gasteiger partial charge in [-0.05, 0) is 87.4 Å². The molecule has 0 amide bonds. The topological polar surface area (TPSA) is 38.0 Å². The van der Waals surface area contributed by atoms with Crippen LogP contribution in [0.5, 0.6) is 0 Å². The maximum absolute atomic E-state index is 6.45. The molecule has 6 atom stereocenters. The van der Waals surface area contributed by atoms with Crippen LogP contribution in [0.25, 0.3) is 0 Å². The molecular weight excluding hydrogens is 316 g/mol. The second-order valence-electron chi connectivity index (χ2n) is 11.6. The van der Waals surface area contributed by atoms with E-state index in [2.05, 4.69) is 46.9 Å². The van der Waals surface area contributed by atoms with Crippen LogP contribution < -0.4 is 11.1 Å². The van der Waals surface area contributed by atoms with Gasteiger partial charge in [0.25, 0.3) is 0 Å². The third kappa shape index (κ3) is 3.88. The van der Waals surface area contributed by atoms with Gasteiger partial charge in [-0.15, -0.1) is 0 Å². The summed E-state index contributed by atoms with van der Waals surface area (Å²) in [4.78, 5) is 0. The van der Waals surface area contributed by atoms with E-state index in [0.717, 1.165) is 17.8 Å². The van der Waals surface area contributed by atoms with Crippen LogP contribution in [0.4, 0.5) is 0 Å². The maximum atomic E-state index is 6.45. The van der Waals surface area contributed by atoms with Crippen molar-refractivity contribution in [3.05, 3.63) is 0 Å². The normalized spacial score (nSPS) is 46.5. The van der Waals surface area contributed by atoms with Gasteiger partial charge in [-0.3, -0.25) is 5.32 Å². The summed E-state index contributed by atoms with van der Waals surface area (Å²) < 4.78 is 0. The van der Waals surface area contributed by atoms with E-state index in [1.54, 1.807) is 0 Å². The van der Waals surface area contributed by atoms with Crippen molar-refractivity contribution in [2.24, 2.45) is 34.3 Å². The van der Waals surface area contributed by atoms with Crippen molar-refractivity contribution in [2.75, 3.05) is 0 Å². The zero-order valence-electron chi connectivity index (χ0n) is 18.6. The van der Waals surface area contributed by atoms with E-state index in [4.69, 9.17) is 5.73 Å². The molecule has 0 aromatic heterocycles. The Morgan fingerprint density at radius 1 is 1.08 bits per heavy atom. The van der Waals surface area contributed by atoms with Gasteiger partial charge < -0.3 is 5.73 Å². The zero-order valence-corrected chi connectivity index (χ0v) is 18.6. The Balaban J connectivity index is 1.77. The number of hydrogen-bond donors (Lipinski definition) is 2. The van der Waals surface area contributed by atoms with Gasteiger partial charge in [0.15, 0.2) is 0 Å². The molecule has 0 saturated heterocycles. The van der Waals surface area contributed by atoms with Crippen molar-refractivity contribution in [3.63, 3.8) is 0 Å². The lowest BCUT2D eigenvalue weighted by Crippen LogP contribution is -2.61. The highest BCUT2D eigenvalue weighted by Gasteiger charge is 2.62. The van der Waals surface area contributed by atoms with E-state index in [0.29, 0.717) is 10.8 Å². The fraction of sp³-hybridized carbons (Fsp3) is 1.00. The van der Waals surface area contributed by atoms with Gasteiger partial charge in [0.05, 0.1) is 5.66 Å². The molecule has 0 aromatic carbocycles. The first-order chi connectivity index (χ1) is 12.0. The molecule has 26 heavy (non-hydrogen) atoms. The third-order valence-electron chi connectivity index (χ3n) is 9.15. The van der Waals surface area contributed by atoms with E-state index < -0.39 is 0 Å². The molecule has 0 radical (unpaired) electrons. The summed E-state index contributed by atoms with van der Waals surface area (Å²) in [5.74, 6) is 2.80. The lowest BCUT2D eigenvalue weighted by Gasteiger charge is -2.61. The van der Waals surface area contributed by atoms with Crippen LogP contribution >= 0.6 is 0 Å². The zero-order chi connectivity index (χ0) is 19.2. The van der Waals surface area contributed by atoms with Gasteiger partial charge in [0.2, 0.25) is 0 Å². The summed E-state index contributed by atoms with van der Waals surface area (Å²) in [5.41, 5.74) is 7.51. The van der Waals surface area contributed by atoms with Gasteiger partial charge in [0, 0.05) is 5.54 Å². The minimum atomic E-state index is -0.284. The smallest absolute Gasteiger partial charge is 0.0608 e. The van der Waals surface area contributed by atoms with Crippen LogP contribution in [-0.2, 0) is 0 Å². The summed E-state index contributed by atoms with van der Waals surface area (Å²) in [5, 5.41) is 3.91. The first kappa shape index (κ1) is 20.6. The van der Waals surface area contributed by atoms with Crippen molar-refractivity contribution >= 4 is 0 Å². The molecule has 2 heteroatoms. The molecule has 4 saturated carbocycles. The average molecular weight is 363 g/mol. The quantitative estimate of drug-likeness (QED) is 0.549. The second kappa shape index (κ2) is 7.07. The molecule has 4 rings (SSSR count). The Hall–Kier alpha value is -0.0800. The summed E-state index contributed by atoms with van der Waals surface area (Å²) in [7, 11) is 0. The van der Waals surface area contributed by atoms with Crippen LogP contribution in [0.15, 0.2) is 0 Å². The van der Waals surface area contributed by atoms with Gasteiger partial charge in [-0.2, -0.15) is 0 Å². The van der Waals surface area contributed by atoms with Crippen molar-refractivity contribution in [1.29, 1.82) is 0 Å². The summed E-state index contributed by atoms with van der Waals surface area (Å²) >= 11 is 0. The van der Waals surface area contributed by atoms with Crippen molar-refractivity contribution < 1.29 is 0 Å². The van der Waals surface area contributed by atoms with Crippen LogP contribution in [0.3, 0.4) is 0 Å². The monoisotopic (exact) mass is 362 g/mol. The van der Waals surface area contributed by atoms with Gasteiger partial charge >= 0.3 is 0 Å². The minimum absolute atomic E-state index is 0.235. The molecule has 0 aliphatic heterocycles. The summed E-state index contributed by atoms with van der Waals surface area (Å²) in [6.07, 6.45) is 15.5. The Labute approximate surface area is 163 Å². The van der Waals surface area contributed by atoms with Gasteiger partial charge in [0.1, 0.15) is 0 Å². The summed E-state index contributed by atoms with van der Waals surface area (Å²) in [6, 6.07) is 0. The van der Waals surface area contributed by atoms with Crippen LogP contribution in [0.1, 0.15) is 112 Å². The predicted octanol–water partition coefficient (Wildman–Crippen LogP) is 6.24.